The molecule has 0 aliphatic carbocycles. The average molecular weight is 336 g/mol. The summed E-state index contributed by atoms with van der Waals surface area (Å²) in [5.41, 5.74) is 0. The van der Waals surface area contributed by atoms with Crippen molar-refractivity contribution < 1.29 is 8.42 Å². The number of hydrogen-bond donors (Lipinski definition) is 1. The average Bonchev–Trinajstić information content (AvgIpc) is 2.89. The highest BCUT2D eigenvalue weighted by Gasteiger charge is 2.15. The van der Waals surface area contributed by atoms with Crippen molar-refractivity contribution in [3.05, 3.63) is 34.6 Å². The van der Waals surface area contributed by atoms with Gasteiger partial charge in [0.25, 0.3) is 0 Å². The molecule has 0 amide bonds. The van der Waals surface area contributed by atoms with E-state index in [1.807, 2.05) is 4.57 Å². The minimum Gasteiger partial charge on any atom is -0.336 e. The molecule has 5 nitrogen and oxygen atoms in total. The fourth-order valence-electron chi connectivity index (χ4n) is 1.24. The number of halogens is 1. The van der Waals surface area contributed by atoms with Gasteiger partial charge in [-0.2, -0.15) is 0 Å². The zero-order valence-corrected chi connectivity index (χ0v) is 11.9. The summed E-state index contributed by atoms with van der Waals surface area (Å²) in [7, 11) is -3.39. The summed E-state index contributed by atoms with van der Waals surface area (Å²) < 4.78 is 29.1. The first kappa shape index (κ1) is 12.7. The molecule has 92 valence electrons. The molecule has 0 radical (unpaired) electrons. The number of nitrogens with one attached hydrogen (secondary N) is 1. The number of nitrogens with zero attached hydrogens (tertiary/aromatic N) is 2. The number of hydrogen-bond acceptors (Lipinski definition) is 4. The van der Waals surface area contributed by atoms with E-state index in [9.17, 15) is 8.42 Å². The number of sulfonamides is 1. The highest BCUT2D eigenvalue weighted by Crippen LogP contribution is 2.25. The molecule has 1 N–H and O–H groups in total. The van der Waals surface area contributed by atoms with Crippen LogP contribution in [0, 0.1) is 0 Å². The minimum atomic E-state index is -3.39. The quantitative estimate of drug-likeness (QED) is 0.904. The van der Waals surface area contributed by atoms with Crippen LogP contribution in [0.4, 0.5) is 0 Å². The Morgan fingerprint density at radius 3 is 2.88 bits per heavy atom. The third kappa shape index (κ3) is 3.38. The van der Waals surface area contributed by atoms with Gasteiger partial charge >= 0.3 is 0 Å². The number of thiophene rings is 1. The lowest BCUT2D eigenvalue weighted by Crippen LogP contribution is -2.26. The molecule has 0 aliphatic heterocycles. The second-order valence-corrected chi connectivity index (χ2v) is 7.71. The van der Waals surface area contributed by atoms with Gasteiger partial charge in [0.15, 0.2) is 0 Å². The van der Waals surface area contributed by atoms with Crippen LogP contribution in [-0.2, 0) is 16.6 Å². The molecule has 0 aromatic carbocycles. The normalized spacial score (nSPS) is 11.8. The van der Waals surface area contributed by atoms with Crippen LogP contribution in [0.2, 0.25) is 0 Å². The Labute approximate surface area is 112 Å². The summed E-state index contributed by atoms with van der Waals surface area (Å²) in [4.78, 5) is 3.88. The van der Waals surface area contributed by atoms with Crippen molar-refractivity contribution in [1.29, 1.82) is 0 Å². The van der Waals surface area contributed by atoms with Crippen LogP contribution >= 0.6 is 27.3 Å². The number of rotatable bonds is 5. The van der Waals surface area contributed by atoms with E-state index in [-0.39, 0.29) is 0 Å². The predicted molar refractivity (Wildman–Crippen MR) is 69.4 cm³/mol. The van der Waals surface area contributed by atoms with Gasteiger partial charge in [-0.3, -0.25) is 0 Å². The van der Waals surface area contributed by atoms with Gasteiger partial charge in [-0.15, -0.1) is 11.3 Å². The second kappa shape index (κ2) is 5.30. The van der Waals surface area contributed by atoms with Gasteiger partial charge in [0.1, 0.15) is 4.21 Å². The van der Waals surface area contributed by atoms with E-state index in [0.717, 1.165) is 3.79 Å². The van der Waals surface area contributed by atoms with Crippen molar-refractivity contribution in [3.8, 4) is 0 Å². The maximum atomic E-state index is 11.8. The van der Waals surface area contributed by atoms with Crippen molar-refractivity contribution >= 4 is 37.3 Å². The van der Waals surface area contributed by atoms with E-state index in [0.29, 0.717) is 17.3 Å². The molecule has 0 saturated heterocycles. The molecule has 0 saturated carbocycles. The predicted octanol–water partition coefficient (Wildman–Crippen LogP) is 1.69. The monoisotopic (exact) mass is 335 g/mol. The van der Waals surface area contributed by atoms with Gasteiger partial charge < -0.3 is 4.57 Å². The third-order valence-electron chi connectivity index (χ3n) is 2.03. The van der Waals surface area contributed by atoms with E-state index < -0.39 is 10.0 Å². The van der Waals surface area contributed by atoms with Gasteiger partial charge in [-0.1, -0.05) is 0 Å². The van der Waals surface area contributed by atoms with Crippen molar-refractivity contribution in [3.63, 3.8) is 0 Å². The second-order valence-electron chi connectivity index (χ2n) is 3.26. The summed E-state index contributed by atoms with van der Waals surface area (Å²) >= 11 is 4.43. The van der Waals surface area contributed by atoms with Crippen LogP contribution in [0.1, 0.15) is 0 Å². The molecule has 0 aliphatic rings. The zero-order valence-electron chi connectivity index (χ0n) is 8.71. The Kier molecular flexibility index (Phi) is 3.97. The smallest absolute Gasteiger partial charge is 0.250 e. The van der Waals surface area contributed by atoms with Gasteiger partial charge in [0, 0.05) is 25.5 Å². The molecular formula is C9H10BrN3O2S2. The topological polar surface area (TPSA) is 64.0 Å². The molecule has 0 unspecified atom stereocenters. The minimum absolute atomic E-state index is 0.315. The summed E-state index contributed by atoms with van der Waals surface area (Å²) in [6.45, 7) is 0.903. The molecule has 8 heteroatoms. The first-order valence-electron chi connectivity index (χ1n) is 4.79. The van der Waals surface area contributed by atoms with Crippen LogP contribution in [0.5, 0.6) is 0 Å². The van der Waals surface area contributed by atoms with Crippen LogP contribution < -0.4 is 4.72 Å². The van der Waals surface area contributed by atoms with Gasteiger partial charge in [0.05, 0.1) is 10.1 Å². The van der Waals surface area contributed by atoms with E-state index in [2.05, 4.69) is 25.6 Å². The number of aromatic nitrogens is 2. The molecule has 2 aromatic rings. The lowest BCUT2D eigenvalue weighted by atomic mass is 10.6. The van der Waals surface area contributed by atoms with Crippen LogP contribution in [-0.4, -0.2) is 24.5 Å². The van der Waals surface area contributed by atoms with Crippen molar-refractivity contribution in [2.45, 2.75) is 10.8 Å². The van der Waals surface area contributed by atoms with E-state index in [1.54, 1.807) is 30.9 Å². The SMILES string of the molecule is O=S(=O)(NCCn1ccnc1)c1ccc(Br)s1. The third-order valence-corrected chi connectivity index (χ3v) is 5.61. The maximum absolute atomic E-state index is 11.8. The first-order chi connectivity index (χ1) is 8.08. The molecule has 2 aromatic heterocycles. The van der Waals surface area contributed by atoms with Crippen LogP contribution in [0.3, 0.4) is 0 Å². The Balaban J connectivity index is 1.94. The Hall–Kier alpha value is -0.700. The van der Waals surface area contributed by atoms with Crippen LogP contribution in [0.15, 0.2) is 38.8 Å². The molecule has 0 spiro atoms. The van der Waals surface area contributed by atoms with Gasteiger partial charge in [-0.25, -0.2) is 18.1 Å². The van der Waals surface area contributed by atoms with E-state index >= 15 is 0 Å². The lowest BCUT2D eigenvalue weighted by molar-refractivity contribution is 0.575. The fraction of sp³-hybridized carbons (Fsp3) is 0.222. The molecule has 0 bridgehead atoms. The highest BCUT2D eigenvalue weighted by molar-refractivity contribution is 9.11. The molecule has 2 rings (SSSR count). The number of imidazole rings is 1. The molecule has 17 heavy (non-hydrogen) atoms. The van der Waals surface area contributed by atoms with Gasteiger partial charge in [-0.05, 0) is 28.1 Å². The summed E-state index contributed by atoms with van der Waals surface area (Å²) in [6, 6.07) is 3.30. The first-order valence-corrected chi connectivity index (χ1v) is 7.88. The standard InChI is InChI=1S/C9H10BrN3O2S2/c10-8-1-2-9(16-8)17(14,15)12-4-6-13-5-3-11-7-13/h1-3,5,7,12H,4,6H2. The molecule has 0 fully saturated rings. The molecule has 2 heterocycles. The lowest BCUT2D eigenvalue weighted by Gasteiger charge is -2.04. The van der Waals surface area contributed by atoms with Crippen molar-refractivity contribution in [2.24, 2.45) is 0 Å². The van der Waals surface area contributed by atoms with Crippen molar-refractivity contribution in [2.75, 3.05) is 6.54 Å². The van der Waals surface area contributed by atoms with E-state index in [1.165, 1.54) is 11.3 Å². The van der Waals surface area contributed by atoms with Gasteiger partial charge in [0.2, 0.25) is 10.0 Å². The largest absolute Gasteiger partial charge is 0.336 e. The summed E-state index contributed by atoms with van der Waals surface area (Å²) in [6.07, 6.45) is 5.09. The molecular weight excluding hydrogens is 326 g/mol. The summed E-state index contributed by atoms with van der Waals surface area (Å²) in [5.74, 6) is 0. The summed E-state index contributed by atoms with van der Waals surface area (Å²) in [5, 5.41) is 0. The maximum Gasteiger partial charge on any atom is 0.250 e. The van der Waals surface area contributed by atoms with Crippen LogP contribution in [0.25, 0.3) is 0 Å². The Bertz CT molecular complexity index is 577. The molecule has 0 atom stereocenters. The van der Waals surface area contributed by atoms with Crippen molar-refractivity contribution in [1.82, 2.24) is 14.3 Å². The fourth-order valence-corrected chi connectivity index (χ4v) is 4.32. The Morgan fingerprint density at radius 2 is 2.29 bits per heavy atom. The Morgan fingerprint density at radius 1 is 1.47 bits per heavy atom. The van der Waals surface area contributed by atoms with E-state index in [4.69, 9.17) is 0 Å². The zero-order chi connectivity index (χ0) is 12.3. The highest BCUT2D eigenvalue weighted by atomic mass is 79.9.